The normalized spacial score (nSPS) is 16.8. The van der Waals surface area contributed by atoms with Crippen LogP contribution in [0.15, 0.2) is 18.2 Å². The van der Waals surface area contributed by atoms with Crippen LogP contribution < -0.4 is 5.32 Å². The molecule has 1 aromatic rings. The molecule has 1 amide bonds. The van der Waals surface area contributed by atoms with Gasteiger partial charge in [0.1, 0.15) is 11.6 Å². The summed E-state index contributed by atoms with van der Waals surface area (Å²) in [4.78, 5) is 25.1. The van der Waals surface area contributed by atoms with Crippen molar-refractivity contribution in [3.8, 4) is 5.75 Å². The Bertz CT molecular complexity index is 505. The number of ketones is 1. The summed E-state index contributed by atoms with van der Waals surface area (Å²) < 4.78 is 13.1. The number of halogens is 1. The smallest absolute Gasteiger partial charge is 0.234 e. The zero-order valence-electron chi connectivity index (χ0n) is 10.4. The van der Waals surface area contributed by atoms with Crippen LogP contribution in [0.4, 0.5) is 4.39 Å². The van der Waals surface area contributed by atoms with E-state index in [2.05, 4.69) is 5.32 Å². The van der Waals surface area contributed by atoms with Crippen molar-refractivity contribution in [3.63, 3.8) is 0 Å². The molecule has 0 aromatic heterocycles. The molecule has 2 rings (SSSR count). The molecule has 1 aromatic carbocycles. The van der Waals surface area contributed by atoms with E-state index >= 15 is 0 Å². The maximum Gasteiger partial charge on any atom is 0.234 e. The fourth-order valence-corrected chi connectivity index (χ4v) is 2.02. The largest absolute Gasteiger partial charge is 0.507 e. The van der Waals surface area contributed by atoms with E-state index in [4.69, 9.17) is 0 Å². The van der Waals surface area contributed by atoms with Crippen LogP contribution in [0.2, 0.25) is 0 Å². The Kier molecular flexibility index (Phi) is 4.11. The van der Waals surface area contributed by atoms with Gasteiger partial charge in [0.05, 0.1) is 18.7 Å². The van der Waals surface area contributed by atoms with E-state index in [1.165, 1.54) is 0 Å². The third kappa shape index (κ3) is 3.51. The SMILES string of the molecule is O=C1CN(CC(=O)c2cc(F)ccc2O)CCCN1. The molecule has 1 saturated heterocycles. The number of nitrogens with one attached hydrogen (secondary N) is 1. The number of benzene rings is 1. The average molecular weight is 266 g/mol. The quantitative estimate of drug-likeness (QED) is 0.783. The number of amides is 1. The number of aromatic hydroxyl groups is 1. The highest BCUT2D eigenvalue weighted by Gasteiger charge is 2.20. The van der Waals surface area contributed by atoms with Gasteiger partial charge in [-0.3, -0.25) is 14.5 Å². The van der Waals surface area contributed by atoms with Gasteiger partial charge >= 0.3 is 0 Å². The van der Waals surface area contributed by atoms with E-state index in [0.29, 0.717) is 13.1 Å². The Morgan fingerprint density at radius 2 is 2.26 bits per heavy atom. The van der Waals surface area contributed by atoms with Crippen molar-refractivity contribution in [3.05, 3.63) is 29.6 Å². The topological polar surface area (TPSA) is 69.6 Å². The molecule has 102 valence electrons. The van der Waals surface area contributed by atoms with E-state index in [1.807, 2.05) is 0 Å². The molecule has 0 spiro atoms. The van der Waals surface area contributed by atoms with Crippen molar-refractivity contribution in [2.45, 2.75) is 6.42 Å². The molecular formula is C13H15FN2O3. The lowest BCUT2D eigenvalue weighted by atomic mass is 10.1. The van der Waals surface area contributed by atoms with Crippen LogP contribution in [-0.2, 0) is 4.79 Å². The van der Waals surface area contributed by atoms with E-state index in [9.17, 15) is 19.1 Å². The summed E-state index contributed by atoms with van der Waals surface area (Å²) >= 11 is 0. The molecule has 0 unspecified atom stereocenters. The van der Waals surface area contributed by atoms with Crippen LogP contribution in [0, 0.1) is 5.82 Å². The second kappa shape index (κ2) is 5.79. The zero-order chi connectivity index (χ0) is 13.8. The number of rotatable bonds is 3. The van der Waals surface area contributed by atoms with Crippen molar-refractivity contribution in [2.24, 2.45) is 0 Å². The minimum absolute atomic E-state index is 0.00949. The van der Waals surface area contributed by atoms with Crippen LogP contribution in [0.1, 0.15) is 16.8 Å². The molecule has 5 nitrogen and oxygen atoms in total. The van der Waals surface area contributed by atoms with Crippen molar-refractivity contribution in [2.75, 3.05) is 26.2 Å². The monoisotopic (exact) mass is 266 g/mol. The number of Topliss-reactive ketones (excluding diaryl/α,β-unsaturated/α-hetero) is 1. The molecule has 1 aliphatic rings. The summed E-state index contributed by atoms with van der Waals surface area (Å²) in [6.45, 7) is 1.33. The second-order valence-electron chi connectivity index (χ2n) is 4.50. The fourth-order valence-electron chi connectivity index (χ4n) is 2.02. The van der Waals surface area contributed by atoms with Gasteiger partial charge in [0.15, 0.2) is 5.78 Å². The molecule has 1 heterocycles. The number of phenols is 1. The van der Waals surface area contributed by atoms with Crippen molar-refractivity contribution >= 4 is 11.7 Å². The molecule has 0 bridgehead atoms. The van der Waals surface area contributed by atoms with Gasteiger partial charge in [-0.1, -0.05) is 0 Å². The highest BCUT2D eigenvalue weighted by molar-refractivity contribution is 6.00. The Hall–Kier alpha value is -1.95. The lowest BCUT2D eigenvalue weighted by Gasteiger charge is -2.17. The Morgan fingerprint density at radius 3 is 3.05 bits per heavy atom. The Morgan fingerprint density at radius 1 is 1.47 bits per heavy atom. The maximum atomic E-state index is 13.1. The summed E-state index contributed by atoms with van der Waals surface area (Å²) in [7, 11) is 0. The van der Waals surface area contributed by atoms with Crippen LogP contribution in [-0.4, -0.2) is 47.9 Å². The Labute approximate surface area is 110 Å². The lowest BCUT2D eigenvalue weighted by Crippen LogP contribution is -2.36. The van der Waals surface area contributed by atoms with E-state index in [1.54, 1.807) is 4.90 Å². The van der Waals surface area contributed by atoms with E-state index in [0.717, 1.165) is 24.6 Å². The summed E-state index contributed by atoms with van der Waals surface area (Å²) in [5.74, 6) is -1.35. The molecule has 0 aliphatic carbocycles. The minimum atomic E-state index is -0.574. The third-order valence-corrected chi connectivity index (χ3v) is 2.97. The first-order valence-corrected chi connectivity index (χ1v) is 6.07. The van der Waals surface area contributed by atoms with E-state index < -0.39 is 11.6 Å². The molecule has 6 heteroatoms. The Balaban J connectivity index is 2.07. The number of phenolic OH excluding ortho intramolecular Hbond substituents is 1. The number of nitrogens with zero attached hydrogens (tertiary/aromatic N) is 1. The van der Waals surface area contributed by atoms with Gasteiger partial charge < -0.3 is 10.4 Å². The first kappa shape index (κ1) is 13.5. The standard InChI is InChI=1S/C13H15FN2O3/c14-9-2-3-11(17)10(6-9)12(18)7-16-5-1-4-15-13(19)8-16/h2-3,6,17H,1,4-5,7-8H2,(H,15,19). The summed E-state index contributed by atoms with van der Waals surface area (Å²) in [6.07, 6.45) is 0.758. The molecule has 0 saturated carbocycles. The van der Waals surface area contributed by atoms with Gasteiger partial charge in [-0.2, -0.15) is 0 Å². The molecule has 2 N–H and O–H groups in total. The summed E-state index contributed by atoms with van der Waals surface area (Å²) in [6, 6.07) is 3.25. The van der Waals surface area contributed by atoms with Crippen LogP contribution in [0.5, 0.6) is 5.75 Å². The van der Waals surface area contributed by atoms with Gasteiger partial charge in [-0.15, -0.1) is 0 Å². The van der Waals surface area contributed by atoms with Gasteiger partial charge in [-0.25, -0.2) is 4.39 Å². The van der Waals surface area contributed by atoms with Gasteiger partial charge in [0, 0.05) is 13.1 Å². The van der Waals surface area contributed by atoms with Crippen LogP contribution in [0.25, 0.3) is 0 Å². The van der Waals surface area contributed by atoms with Crippen LogP contribution >= 0.6 is 0 Å². The third-order valence-electron chi connectivity index (χ3n) is 2.97. The average Bonchev–Trinajstić information content (AvgIpc) is 2.56. The first-order chi connectivity index (χ1) is 9.06. The molecule has 1 fully saturated rings. The maximum absolute atomic E-state index is 13.1. The summed E-state index contributed by atoms with van der Waals surface area (Å²) in [5.41, 5.74) is -0.0512. The van der Waals surface area contributed by atoms with Gasteiger partial charge in [-0.05, 0) is 24.6 Å². The van der Waals surface area contributed by atoms with Gasteiger partial charge in [0.2, 0.25) is 5.91 Å². The van der Waals surface area contributed by atoms with Crippen molar-refractivity contribution in [1.29, 1.82) is 0 Å². The number of carbonyl (C=O) groups is 2. The predicted molar refractivity (Wildman–Crippen MR) is 66.5 cm³/mol. The minimum Gasteiger partial charge on any atom is -0.507 e. The second-order valence-corrected chi connectivity index (χ2v) is 4.50. The molecule has 0 radical (unpaired) electrons. The molecule has 1 aliphatic heterocycles. The predicted octanol–water partition coefficient (Wildman–Crippen LogP) is 0.536. The zero-order valence-corrected chi connectivity index (χ0v) is 10.4. The van der Waals surface area contributed by atoms with Crippen molar-refractivity contribution in [1.82, 2.24) is 10.2 Å². The highest BCUT2D eigenvalue weighted by atomic mass is 19.1. The fraction of sp³-hybridized carbons (Fsp3) is 0.385. The van der Waals surface area contributed by atoms with Gasteiger partial charge in [0.25, 0.3) is 0 Å². The molecule has 0 atom stereocenters. The number of carbonyl (C=O) groups excluding carboxylic acids is 2. The lowest BCUT2D eigenvalue weighted by molar-refractivity contribution is -0.121. The molecule has 19 heavy (non-hydrogen) atoms. The number of hydrogen-bond donors (Lipinski definition) is 2. The van der Waals surface area contributed by atoms with E-state index in [-0.39, 0.29) is 30.3 Å². The first-order valence-electron chi connectivity index (χ1n) is 6.07. The summed E-state index contributed by atoms with van der Waals surface area (Å²) in [5, 5.41) is 12.3. The van der Waals surface area contributed by atoms with Crippen molar-refractivity contribution < 1.29 is 19.1 Å². The highest BCUT2D eigenvalue weighted by Crippen LogP contribution is 2.18. The number of hydrogen-bond acceptors (Lipinski definition) is 4. The molecular weight excluding hydrogens is 251 g/mol. The van der Waals surface area contributed by atoms with Crippen LogP contribution in [0.3, 0.4) is 0 Å².